The quantitative estimate of drug-likeness (QED) is 0.634. The number of hydrogen-bond acceptors (Lipinski definition) is 0. The summed E-state index contributed by atoms with van der Waals surface area (Å²) in [7, 11) is 0. The lowest BCUT2D eigenvalue weighted by atomic mass is 9.63. The molecule has 0 heterocycles. The smallest absolute Gasteiger partial charge is 0.159 e. The molecule has 0 aromatic heterocycles. The van der Waals surface area contributed by atoms with E-state index in [2.05, 4.69) is 6.92 Å². The van der Waals surface area contributed by atoms with Crippen molar-refractivity contribution in [2.45, 2.75) is 64.2 Å². The van der Waals surface area contributed by atoms with Crippen molar-refractivity contribution < 1.29 is 8.78 Å². The summed E-state index contributed by atoms with van der Waals surface area (Å²) in [5.74, 6) is 1.65. The average Bonchev–Trinajstić information content (AvgIpc) is 2.50. The monoisotopic (exact) mass is 292 g/mol. The van der Waals surface area contributed by atoms with E-state index in [-0.39, 0.29) is 0 Å². The molecule has 2 aliphatic rings. The van der Waals surface area contributed by atoms with Crippen LogP contribution in [-0.4, -0.2) is 0 Å². The van der Waals surface area contributed by atoms with E-state index in [0.717, 1.165) is 29.7 Å². The Morgan fingerprint density at radius 1 is 0.952 bits per heavy atom. The molecule has 2 aliphatic carbocycles. The van der Waals surface area contributed by atoms with Crippen LogP contribution in [0.5, 0.6) is 0 Å². The predicted molar refractivity (Wildman–Crippen MR) is 82.2 cm³/mol. The Labute approximate surface area is 126 Å². The van der Waals surface area contributed by atoms with Crippen LogP contribution >= 0.6 is 0 Å². The fourth-order valence-corrected chi connectivity index (χ4v) is 4.73. The predicted octanol–water partition coefficient (Wildman–Crippen LogP) is 6.06. The Morgan fingerprint density at radius 2 is 1.71 bits per heavy atom. The molecule has 0 saturated heterocycles. The van der Waals surface area contributed by atoms with Crippen molar-refractivity contribution in [1.29, 1.82) is 0 Å². The lowest BCUT2D eigenvalue weighted by molar-refractivity contribution is 0.114. The van der Waals surface area contributed by atoms with E-state index in [4.69, 9.17) is 0 Å². The molecule has 0 spiro atoms. The van der Waals surface area contributed by atoms with Crippen LogP contribution in [0.3, 0.4) is 0 Å². The Balaban J connectivity index is 1.64. The zero-order chi connectivity index (χ0) is 14.8. The summed E-state index contributed by atoms with van der Waals surface area (Å²) in [4.78, 5) is 0. The number of halogens is 2. The lowest BCUT2D eigenvalue weighted by Crippen LogP contribution is -2.30. The summed E-state index contributed by atoms with van der Waals surface area (Å²) >= 11 is 0. The van der Waals surface area contributed by atoms with Crippen molar-refractivity contribution in [2.24, 2.45) is 17.8 Å². The van der Waals surface area contributed by atoms with Crippen LogP contribution < -0.4 is 0 Å². The van der Waals surface area contributed by atoms with Gasteiger partial charge in [-0.1, -0.05) is 32.3 Å². The first-order valence-electron chi connectivity index (χ1n) is 8.62. The van der Waals surface area contributed by atoms with Gasteiger partial charge in [-0.3, -0.25) is 0 Å². The summed E-state index contributed by atoms with van der Waals surface area (Å²) in [6.45, 7) is 2.28. The van der Waals surface area contributed by atoms with Crippen LogP contribution in [0.1, 0.15) is 69.8 Å². The van der Waals surface area contributed by atoms with Crippen LogP contribution in [0.4, 0.5) is 8.78 Å². The number of fused-ring (bicyclic) bond motifs is 1. The normalized spacial score (nSPS) is 32.7. The topological polar surface area (TPSA) is 0 Å². The van der Waals surface area contributed by atoms with Crippen LogP contribution in [0, 0.1) is 29.4 Å². The highest BCUT2D eigenvalue weighted by atomic mass is 19.2. The van der Waals surface area contributed by atoms with Crippen molar-refractivity contribution in [3.63, 3.8) is 0 Å². The Kier molecular flexibility index (Phi) is 4.61. The molecule has 0 N–H and O–H groups in total. The molecular formula is C19H26F2. The summed E-state index contributed by atoms with van der Waals surface area (Å²) in [6.07, 6.45) is 10.4. The van der Waals surface area contributed by atoms with Crippen LogP contribution in [0.25, 0.3) is 0 Å². The molecule has 21 heavy (non-hydrogen) atoms. The van der Waals surface area contributed by atoms with E-state index in [1.807, 2.05) is 0 Å². The Hall–Kier alpha value is -0.920. The maximum atomic E-state index is 13.4. The molecule has 2 saturated carbocycles. The summed E-state index contributed by atoms with van der Waals surface area (Å²) < 4.78 is 26.5. The Morgan fingerprint density at radius 3 is 2.48 bits per heavy atom. The van der Waals surface area contributed by atoms with E-state index in [0.29, 0.717) is 5.92 Å². The fourth-order valence-electron chi connectivity index (χ4n) is 4.73. The third kappa shape index (κ3) is 3.30. The second-order valence-electron chi connectivity index (χ2n) is 7.17. The molecule has 0 bridgehead atoms. The van der Waals surface area contributed by atoms with Gasteiger partial charge in [0.15, 0.2) is 11.6 Å². The van der Waals surface area contributed by atoms with Gasteiger partial charge in [0.05, 0.1) is 0 Å². The largest absolute Gasteiger partial charge is 0.204 e. The van der Waals surface area contributed by atoms with Crippen LogP contribution in [0.2, 0.25) is 0 Å². The highest BCUT2D eigenvalue weighted by Crippen LogP contribution is 2.48. The van der Waals surface area contributed by atoms with Crippen LogP contribution in [0.15, 0.2) is 18.2 Å². The molecule has 2 fully saturated rings. The van der Waals surface area contributed by atoms with Crippen molar-refractivity contribution in [2.75, 3.05) is 0 Å². The molecule has 4 atom stereocenters. The minimum absolute atomic E-state index is 0.434. The molecule has 3 rings (SSSR count). The van der Waals surface area contributed by atoms with Gasteiger partial charge in [-0.05, 0) is 73.5 Å². The van der Waals surface area contributed by atoms with Crippen molar-refractivity contribution in [3.05, 3.63) is 35.4 Å². The third-order valence-electron chi connectivity index (χ3n) is 5.83. The van der Waals surface area contributed by atoms with Gasteiger partial charge in [-0.25, -0.2) is 8.78 Å². The minimum atomic E-state index is -0.729. The second-order valence-corrected chi connectivity index (χ2v) is 7.17. The van der Waals surface area contributed by atoms with E-state index >= 15 is 0 Å². The van der Waals surface area contributed by atoms with Crippen molar-refractivity contribution in [3.8, 4) is 0 Å². The van der Waals surface area contributed by atoms with Gasteiger partial charge >= 0.3 is 0 Å². The molecule has 0 amide bonds. The van der Waals surface area contributed by atoms with Gasteiger partial charge in [0.1, 0.15) is 0 Å². The fraction of sp³-hybridized carbons (Fsp3) is 0.684. The van der Waals surface area contributed by atoms with Crippen molar-refractivity contribution >= 4 is 0 Å². The van der Waals surface area contributed by atoms with Crippen LogP contribution in [-0.2, 0) is 0 Å². The van der Waals surface area contributed by atoms with Gasteiger partial charge in [-0.15, -0.1) is 0 Å². The summed E-state index contributed by atoms with van der Waals surface area (Å²) in [5.41, 5.74) is 1.00. The number of rotatable bonds is 3. The first kappa shape index (κ1) is 15.0. The molecule has 1 aromatic rings. The molecule has 0 aliphatic heterocycles. The van der Waals surface area contributed by atoms with Gasteiger partial charge in [0.2, 0.25) is 0 Å². The van der Waals surface area contributed by atoms with Gasteiger partial charge in [0, 0.05) is 0 Å². The molecule has 0 radical (unpaired) electrons. The van der Waals surface area contributed by atoms with Gasteiger partial charge in [-0.2, -0.15) is 0 Å². The lowest BCUT2D eigenvalue weighted by Gasteiger charge is -2.42. The number of hydrogen-bond donors (Lipinski definition) is 0. The van der Waals surface area contributed by atoms with Gasteiger partial charge in [0.25, 0.3) is 0 Å². The molecule has 0 unspecified atom stereocenters. The van der Waals surface area contributed by atoms with E-state index < -0.39 is 11.6 Å². The SMILES string of the molecule is CCC[C@H]1CC[C@@H]2C[C@H](c3ccc(F)c(F)c3)CC[C@H]2C1. The maximum Gasteiger partial charge on any atom is 0.159 e. The molecule has 116 valence electrons. The maximum absolute atomic E-state index is 13.4. The zero-order valence-corrected chi connectivity index (χ0v) is 13.0. The Bertz CT molecular complexity index is 482. The minimum Gasteiger partial charge on any atom is -0.204 e. The van der Waals surface area contributed by atoms with E-state index in [1.54, 1.807) is 6.07 Å². The molecule has 0 nitrogen and oxygen atoms in total. The number of benzene rings is 1. The molecular weight excluding hydrogens is 266 g/mol. The molecule has 1 aromatic carbocycles. The average molecular weight is 292 g/mol. The standard InChI is InChI=1S/C19H26F2/c1-2-3-13-4-5-15-11-16(7-6-14(15)10-13)17-8-9-18(20)19(21)12-17/h8-9,12-16H,2-7,10-11H2,1H3/t13-,14-,15+,16+/m0/s1. The van der Waals surface area contributed by atoms with E-state index in [9.17, 15) is 8.78 Å². The van der Waals surface area contributed by atoms with E-state index in [1.165, 1.54) is 57.1 Å². The first-order chi connectivity index (χ1) is 10.2. The van der Waals surface area contributed by atoms with Gasteiger partial charge < -0.3 is 0 Å². The third-order valence-corrected chi connectivity index (χ3v) is 5.83. The second kappa shape index (κ2) is 6.46. The first-order valence-corrected chi connectivity index (χ1v) is 8.62. The molecule has 2 heteroatoms. The van der Waals surface area contributed by atoms with Crippen molar-refractivity contribution in [1.82, 2.24) is 0 Å². The summed E-state index contributed by atoms with van der Waals surface area (Å²) in [5, 5.41) is 0. The summed E-state index contributed by atoms with van der Waals surface area (Å²) in [6, 6.07) is 4.49. The highest BCUT2D eigenvalue weighted by molar-refractivity contribution is 5.22. The zero-order valence-electron chi connectivity index (χ0n) is 13.0. The highest BCUT2D eigenvalue weighted by Gasteiger charge is 2.35.